The van der Waals surface area contributed by atoms with Gasteiger partial charge in [-0.3, -0.25) is 4.57 Å². The van der Waals surface area contributed by atoms with Gasteiger partial charge in [0.25, 0.3) is 0 Å². The molecule has 0 fully saturated rings. The Morgan fingerprint density at radius 3 is 2.71 bits per heavy atom. The average Bonchev–Trinajstić information content (AvgIpc) is 2.86. The van der Waals surface area contributed by atoms with Crippen LogP contribution >= 0.6 is 11.8 Å². The van der Waals surface area contributed by atoms with Crippen molar-refractivity contribution in [1.82, 2.24) is 14.8 Å². The van der Waals surface area contributed by atoms with Gasteiger partial charge in [0.15, 0.2) is 5.16 Å². The van der Waals surface area contributed by atoms with Gasteiger partial charge in [-0.2, -0.15) is 0 Å². The molecule has 21 heavy (non-hydrogen) atoms. The van der Waals surface area contributed by atoms with Crippen molar-refractivity contribution in [2.75, 3.05) is 12.4 Å². The van der Waals surface area contributed by atoms with E-state index in [1.165, 1.54) is 11.8 Å². The molecule has 3 N–H and O–H groups in total. The van der Waals surface area contributed by atoms with Crippen LogP contribution in [-0.4, -0.2) is 27.1 Å². The van der Waals surface area contributed by atoms with Gasteiger partial charge in [-0.05, 0) is 31.5 Å². The molecule has 114 valence electrons. The van der Waals surface area contributed by atoms with Crippen molar-refractivity contribution in [3.8, 4) is 5.75 Å². The molecule has 0 saturated heterocycles. The summed E-state index contributed by atoms with van der Waals surface area (Å²) in [4.78, 5) is 11.5. The Hall–Kier alpha value is -1.73. The summed E-state index contributed by atoms with van der Waals surface area (Å²) in [5.74, 6) is 1.49. The van der Waals surface area contributed by atoms with Gasteiger partial charge in [0, 0.05) is 18.3 Å². The Morgan fingerprint density at radius 2 is 2.10 bits per heavy atom. The van der Waals surface area contributed by atoms with E-state index in [0.717, 1.165) is 11.3 Å². The normalized spacial score (nSPS) is 12.3. The highest BCUT2D eigenvalue weighted by atomic mass is 32.2. The summed E-state index contributed by atoms with van der Waals surface area (Å²) >= 11 is 1.47. The zero-order valence-corrected chi connectivity index (χ0v) is 13.0. The number of nitrogens with one attached hydrogen (secondary N) is 1. The van der Waals surface area contributed by atoms with Crippen molar-refractivity contribution in [1.29, 1.82) is 0 Å². The third kappa shape index (κ3) is 3.89. The van der Waals surface area contributed by atoms with E-state index in [2.05, 4.69) is 10.2 Å². The van der Waals surface area contributed by atoms with Crippen LogP contribution < -0.4 is 16.2 Å². The van der Waals surface area contributed by atoms with Crippen molar-refractivity contribution in [2.24, 2.45) is 5.73 Å². The monoisotopic (exact) mass is 308 g/mol. The maximum atomic E-state index is 11.5. The number of nitrogens with two attached hydrogens (primary N) is 1. The SMILES string of the molecule is CCOc1ccc(C(N)CSc2n[nH]c(=O)n2CC)cc1. The first-order valence-electron chi connectivity index (χ1n) is 6.92. The van der Waals surface area contributed by atoms with Gasteiger partial charge in [0.1, 0.15) is 5.75 Å². The fourth-order valence-electron chi connectivity index (χ4n) is 1.93. The highest BCUT2D eigenvalue weighted by Crippen LogP contribution is 2.22. The Morgan fingerprint density at radius 1 is 1.38 bits per heavy atom. The second kappa shape index (κ2) is 7.33. The van der Waals surface area contributed by atoms with Gasteiger partial charge < -0.3 is 10.5 Å². The molecule has 1 atom stereocenters. The van der Waals surface area contributed by atoms with Crippen LogP contribution in [0.15, 0.2) is 34.2 Å². The highest BCUT2D eigenvalue weighted by molar-refractivity contribution is 7.99. The lowest BCUT2D eigenvalue weighted by Crippen LogP contribution is -2.17. The maximum absolute atomic E-state index is 11.5. The van der Waals surface area contributed by atoms with Crippen LogP contribution in [0.25, 0.3) is 0 Å². The highest BCUT2D eigenvalue weighted by Gasteiger charge is 2.11. The molecule has 1 aromatic carbocycles. The lowest BCUT2D eigenvalue weighted by atomic mass is 10.1. The molecule has 2 rings (SSSR count). The summed E-state index contributed by atoms with van der Waals surface area (Å²) in [5.41, 5.74) is 7.03. The largest absolute Gasteiger partial charge is 0.494 e. The van der Waals surface area contributed by atoms with Crippen molar-refractivity contribution in [3.05, 3.63) is 40.3 Å². The number of thioether (sulfide) groups is 1. The quantitative estimate of drug-likeness (QED) is 0.762. The van der Waals surface area contributed by atoms with Crippen LogP contribution in [0.2, 0.25) is 0 Å². The second-order valence-corrected chi connectivity index (χ2v) is 5.46. The first-order chi connectivity index (χ1) is 10.2. The van der Waals surface area contributed by atoms with E-state index in [9.17, 15) is 4.79 Å². The fraction of sp³-hybridized carbons (Fsp3) is 0.429. The van der Waals surface area contributed by atoms with Crippen molar-refractivity contribution >= 4 is 11.8 Å². The van der Waals surface area contributed by atoms with Crippen LogP contribution in [0, 0.1) is 0 Å². The van der Waals surface area contributed by atoms with Crippen molar-refractivity contribution in [2.45, 2.75) is 31.6 Å². The molecule has 1 unspecified atom stereocenters. The first-order valence-corrected chi connectivity index (χ1v) is 7.90. The molecule has 2 aromatic rings. The molecule has 1 heterocycles. The van der Waals surface area contributed by atoms with Crippen molar-refractivity contribution < 1.29 is 4.74 Å². The van der Waals surface area contributed by atoms with Crippen LogP contribution in [0.3, 0.4) is 0 Å². The molecule has 0 aliphatic carbocycles. The molecule has 0 spiro atoms. The third-order valence-corrected chi connectivity index (χ3v) is 4.15. The summed E-state index contributed by atoms with van der Waals surface area (Å²) in [5, 5.41) is 7.13. The molecule has 0 aliphatic heterocycles. The van der Waals surface area contributed by atoms with E-state index in [0.29, 0.717) is 24.1 Å². The summed E-state index contributed by atoms with van der Waals surface area (Å²) in [6.45, 7) is 5.10. The topological polar surface area (TPSA) is 85.9 Å². The minimum atomic E-state index is -0.186. The summed E-state index contributed by atoms with van der Waals surface area (Å²) < 4.78 is 7.00. The number of rotatable bonds is 7. The predicted octanol–water partition coefficient (Wildman–Crippen LogP) is 1.78. The van der Waals surface area contributed by atoms with Crippen LogP contribution in [0.5, 0.6) is 5.75 Å². The molecular formula is C14H20N4O2S. The maximum Gasteiger partial charge on any atom is 0.343 e. The minimum absolute atomic E-state index is 0.122. The van der Waals surface area contributed by atoms with Gasteiger partial charge in [-0.25, -0.2) is 9.89 Å². The van der Waals surface area contributed by atoms with Crippen LogP contribution in [-0.2, 0) is 6.54 Å². The number of benzene rings is 1. The van der Waals surface area contributed by atoms with Crippen LogP contribution in [0.1, 0.15) is 25.5 Å². The number of hydrogen-bond acceptors (Lipinski definition) is 5. The smallest absolute Gasteiger partial charge is 0.343 e. The minimum Gasteiger partial charge on any atom is -0.494 e. The first kappa shape index (κ1) is 15.7. The number of aromatic amines is 1. The standard InChI is InChI=1S/C14H20N4O2S/c1-3-18-13(19)16-17-14(18)21-9-12(15)10-5-7-11(8-6-10)20-4-2/h5-8,12H,3-4,9,15H2,1-2H3,(H,16,19). The Labute approximate surface area is 127 Å². The van der Waals surface area contributed by atoms with E-state index in [1.807, 2.05) is 38.1 Å². The van der Waals surface area contributed by atoms with E-state index in [4.69, 9.17) is 10.5 Å². The fourth-order valence-corrected chi connectivity index (χ4v) is 2.93. The number of aromatic nitrogens is 3. The van der Waals surface area contributed by atoms with Crippen LogP contribution in [0.4, 0.5) is 0 Å². The molecule has 1 aromatic heterocycles. The summed E-state index contributed by atoms with van der Waals surface area (Å²) in [7, 11) is 0. The number of H-pyrrole nitrogens is 1. The van der Waals surface area contributed by atoms with E-state index >= 15 is 0 Å². The van der Waals surface area contributed by atoms with E-state index in [1.54, 1.807) is 4.57 Å². The van der Waals surface area contributed by atoms with E-state index < -0.39 is 0 Å². The average molecular weight is 308 g/mol. The Balaban J connectivity index is 1.97. The third-order valence-electron chi connectivity index (χ3n) is 3.05. The summed E-state index contributed by atoms with van der Waals surface area (Å²) in [6, 6.07) is 7.64. The molecule has 0 amide bonds. The molecule has 6 nitrogen and oxygen atoms in total. The second-order valence-electron chi connectivity index (χ2n) is 4.48. The number of nitrogens with zero attached hydrogens (tertiary/aromatic N) is 2. The zero-order chi connectivity index (χ0) is 15.2. The Bertz CT molecular complexity index is 621. The molecule has 0 saturated carbocycles. The van der Waals surface area contributed by atoms with E-state index in [-0.39, 0.29) is 11.7 Å². The van der Waals surface area contributed by atoms with Gasteiger partial charge >= 0.3 is 5.69 Å². The van der Waals surface area contributed by atoms with Gasteiger partial charge in [-0.15, -0.1) is 5.10 Å². The lowest BCUT2D eigenvalue weighted by molar-refractivity contribution is 0.340. The number of hydrogen-bond donors (Lipinski definition) is 2. The lowest BCUT2D eigenvalue weighted by Gasteiger charge is -2.12. The van der Waals surface area contributed by atoms with Crippen molar-refractivity contribution in [3.63, 3.8) is 0 Å². The molecule has 0 bridgehead atoms. The Kier molecular flexibility index (Phi) is 5.46. The van der Waals surface area contributed by atoms with Gasteiger partial charge in [0.05, 0.1) is 6.61 Å². The molecular weight excluding hydrogens is 288 g/mol. The predicted molar refractivity (Wildman–Crippen MR) is 83.8 cm³/mol. The molecule has 0 aliphatic rings. The van der Waals surface area contributed by atoms with Gasteiger partial charge in [-0.1, -0.05) is 23.9 Å². The van der Waals surface area contributed by atoms with Gasteiger partial charge in [0.2, 0.25) is 0 Å². The molecule has 0 radical (unpaired) electrons. The zero-order valence-electron chi connectivity index (χ0n) is 12.2. The number of ether oxygens (including phenoxy) is 1. The summed E-state index contributed by atoms with van der Waals surface area (Å²) in [6.07, 6.45) is 0. The molecule has 7 heteroatoms.